The molecule has 2 saturated carbocycles. The third kappa shape index (κ3) is 6.96. The second kappa shape index (κ2) is 12.5. The van der Waals surface area contributed by atoms with E-state index in [1.807, 2.05) is 6.92 Å². The van der Waals surface area contributed by atoms with Crippen molar-refractivity contribution in [3.63, 3.8) is 0 Å². The summed E-state index contributed by atoms with van der Waals surface area (Å²) in [6.07, 6.45) is 16.2. The molecule has 0 saturated heterocycles. The summed E-state index contributed by atoms with van der Waals surface area (Å²) < 4.78 is 34.0. The lowest BCUT2D eigenvalue weighted by atomic mass is 9.69. The van der Waals surface area contributed by atoms with Crippen LogP contribution in [0.4, 0.5) is 8.78 Å². The van der Waals surface area contributed by atoms with Gasteiger partial charge in [0.25, 0.3) is 0 Å². The fourth-order valence-corrected chi connectivity index (χ4v) is 5.42. The predicted molar refractivity (Wildman–Crippen MR) is 124 cm³/mol. The third-order valence-electron chi connectivity index (χ3n) is 7.51. The first-order valence-corrected chi connectivity index (χ1v) is 12.7. The fraction of sp³-hybridized carbons (Fsp3) is 0.714. The van der Waals surface area contributed by atoms with Gasteiger partial charge in [0.2, 0.25) is 5.82 Å². The molecule has 3 heteroatoms. The molecule has 31 heavy (non-hydrogen) atoms. The molecule has 2 fully saturated rings. The van der Waals surface area contributed by atoms with Crippen LogP contribution in [0.1, 0.15) is 103 Å². The molecule has 0 bridgehead atoms. The van der Waals surface area contributed by atoms with Gasteiger partial charge in [0.15, 0.2) is 11.6 Å². The Balaban J connectivity index is 1.47. The zero-order valence-corrected chi connectivity index (χ0v) is 19.5. The van der Waals surface area contributed by atoms with Crippen LogP contribution in [0.5, 0.6) is 5.75 Å². The molecule has 0 unspecified atom stereocenters. The molecule has 3 rings (SSSR count). The highest BCUT2D eigenvalue weighted by atomic mass is 19.2. The van der Waals surface area contributed by atoms with Crippen molar-refractivity contribution in [1.29, 1.82) is 0 Å². The monoisotopic (exact) mass is 430 g/mol. The van der Waals surface area contributed by atoms with Crippen molar-refractivity contribution in [3.8, 4) is 17.6 Å². The van der Waals surface area contributed by atoms with Crippen LogP contribution in [-0.4, -0.2) is 6.61 Å². The van der Waals surface area contributed by atoms with E-state index in [9.17, 15) is 8.78 Å². The summed E-state index contributed by atoms with van der Waals surface area (Å²) in [4.78, 5) is 0. The van der Waals surface area contributed by atoms with Gasteiger partial charge in [-0.2, -0.15) is 4.39 Å². The molecular weight excluding hydrogens is 390 g/mol. The normalized spacial score (nSPS) is 26.2. The first-order valence-electron chi connectivity index (χ1n) is 12.7. The highest BCUT2D eigenvalue weighted by molar-refractivity contribution is 5.41. The Labute approximate surface area is 188 Å². The first kappa shape index (κ1) is 24.1. The Hall–Kier alpha value is -1.56. The summed E-state index contributed by atoms with van der Waals surface area (Å²) in [5.74, 6) is 7.37. The molecule has 0 atom stereocenters. The van der Waals surface area contributed by atoms with Crippen molar-refractivity contribution >= 4 is 0 Å². The molecule has 1 nitrogen and oxygen atoms in total. The maximum atomic E-state index is 14.4. The van der Waals surface area contributed by atoms with E-state index in [2.05, 4.69) is 18.8 Å². The average Bonchev–Trinajstić information content (AvgIpc) is 2.81. The molecule has 2 aliphatic carbocycles. The lowest BCUT2D eigenvalue weighted by molar-refractivity contribution is 0.153. The number of benzene rings is 1. The number of hydrogen-bond donors (Lipinski definition) is 0. The standard InChI is InChI=1S/C28H40F2O/c1-3-5-7-21-8-13-23(14-9-21)24-15-10-22(11-16-24)12-17-25-18-19-26(28(30)27(25)29)31-20-6-4-2/h18-19,21-24H,3-11,13-16,20H2,1-2H3/t21-,22?,23-,24?. The van der Waals surface area contributed by atoms with Crippen LogP contribution in [0.2, 0.25) is 0 Å². The predicted octanol–water partition coefficient (Wildman–Crippen LogP) is 8.30. The number of unbranched alkanes of at least 4 members (excludes halogenated alkanes) is 2. The van der Waals surface area contributed by atoms with Crippen molar-refractivity contribution in [2.45, 2.75) is 97.3 Å². The van der Waals surface area contributed by atoms with Gasteiger partial charge in [-0.3, -0.25) is 0 Å². The minimum atomic E-state index is -0.916. The van der Waals surface area contributed by atoms with E-state index < -0.39 is 11.6 Å². The lowest BCUT2D eigenvalue weighted by Crippen LogP contribution is -2.25. The van der Waals surface area contributed by atoms with E-state index in [-0.39, 0.29) is 11.3 Å². The van der Waals surface area contributed by atoms with Gasteiger partial charge in [-0.25, -0.2) is 4.39 Å². The largest absolute Gasteiger partial charge is 0.490 e. The summed E-state index contributed by atoms with van der Waals surface area (Å²) >= 11 is 0. The number of rotatable bonds is 8. The lowest BCUT2D eigenvalue weighted by Gasteiger charge is -2.37. The van der Waals surface area contributed by atoms with Gasteiger partial charge in [0.1, 0.15) is 0 Å². The van der Waals surface area contributed by atoms with E-state index in [1.54, 1.807) is 6.07 Å². The van der Waals surface area contributed by atoms with Crippen molar-refractivity contribution in [2.24, 2.45) is 23.7 Å². The Morgan fingerprint density at radius 2 is 1.48 bits per heavy atom. The highest BCUT2D eigenvalue weighted by Gasteiger charge is 2.30. The maximum absolute atomic E-state index is 14.4. The zero-order chi connectivity index (χ0) is 22.1. The van der Waals surface area contributed by atoms with Gasteiger partial charge >= 0.3 is 0 Å². The molecule has 0 aliphatic heterocycles. The molecule has 0 amide bonds. The molecular formula is C28H40F2O. The minimum Gasteiger partial charge on any atom is -0.490 e. The minimum absolute atomic E-state index is 0.0126. The van der Waals surface area contributed by atoms with Crippen LogP contribution in [0.3, 0.4) is 0 Å². The van der Waals surface area contributed by atoms with E-state index in [1.165, 1.54) is 63.9 Å². The van der Waals surface area contributed by atoms with Crippen LogP contribution in [0, 0.1) is 47.1 Å². The Bertz CT molecular complexity index is 731. The van der Waals surface area contributed by atoms with Crippen LogP contribution in [0.15, 0.2) is 12.1 Å². The van der Waals surface area contributed by atoms with E-state index in [4.69, 9.17) is 4.74 Å². The summed E-state index contributed by atoms with van der Waals surface area (Å²) in [6, 6.07) is 3.06. The number of halogens is 2. The summed E-state index contributed by atoms with van der Waals surface area (Å²) in [7, 11) is 0. The molecule has 0 heterocycles. The van der Waals surface area contributed by atoms with Crippen molar-refractivity contribution in [2.75, 3.05) is 6.61 Å². The van der Waals surface area contributed by atoms with Gasteiger partial charge in [-0.15, -0.1) is 0 Å². The molecule has 0 aromatic heterocycles. The summed E-state index contributed by atoms with van der Waals surface area (Å²) in [5, 5.41) is 0. The Morgan fingerprint density at radius 3 is 2.13 bits per heavy atom. The fourth-order valence-electron chi connectivity index (χ4n) is 5.42. The van der Waals surface area contributed by atoms with Gasteiger partial charge in [-0.1, -0.05) is 64.2 Å². The van der Waals surface area contributed by atoms with Gasteiger partial charge in [0.05, 0.1) is 12.2 Å². The SMILES string of the molecule is CCCCOc1ccc(C#CC2CCC([C@H]3CC[C@H](CCCC)CC3)CC2)c(F)c1F. The Kier molecular flexibility index (Phi) is 9.69. The molecule has 2 aliphatic rings. The van der Waals surface area contributed by atoms with E-state index in [0.29, 0.717) is 12.5 Å². The first-order chi connectivity index (χ1) is 15.1. The molecule has 172 valence electrons. The quantitative estimate of drug-likeness (QED) is 0.298. The molecule has 1 aromatic rings. The van der Waals surface area contributed by atoms with E-state index >= 15 is 0 Å². The molecule has 1 aromatic carbocycles. The third-order valence-corrected chi connectivity index (χ3v) is 7.51. The molecule has 0 N–H and O–H groups in total. The summed E-state index contributed by atoms with van der Waals surface area (Å²) in [5.41, 5.74) is 0.146. The number of hydrogen-bond acceptors (Lipinski definition) is 1. The zero-order valence-electron chi connectivity index (χ0n) is 19.5. The molecule has 0 spiro atoms. The van der Waals surface area contributed by atoms with Crippen molar-refractivity contribution in [3.05, 3.63) is 29.3 Å². The second-order valence-corrected chi connectivity index (χ2v) is 9.75. The van der Waals surface area contributed by atoms with E-state index in [0.717, 1.165) is 43.4 Å². The highest BCUT2D eigenvalue weighted by Crippen LogP contribution is 2.42. The average molecular weight is 431 g/mol. The smallest absolute Gasteiger partial charge is 0.201 e. The maximum Gasteiger partial charge on any atom is 0.201 e. The van der Waals surface area contributed by atoms with Gasteiger partial charge < -0.3 is 4.74 Å². The number of ether oxygens (including phenoxy) is 1. The van der Waals surface area contributed by atoms with Crippen LogP contribution >= 0.6 is 0 Å². The summed E-state index contributed by atoms with van der Waals surface area (Å²) in [6.45, 7) is 4.73. The van der Waals surface area contributed by atoms with Crippen LogP contribution in [0.25, 0.3) is 0 Å². The Morgan fingerprint density at radius 1 is 0.839 bits per heavy atom. The van der Waals surface area contributed by atoms with Gasteiger partial charge in [0, 0.05) is 5.92 Å². The molecule has 0 radical (unpaired) electrons. The second-order valence-electron chi connectivity index (χ2n) is 9.75. The van der Waals surface area contributed by atoms with Crippen LogP contribution in [-0.2, 0) is 0 Å². The van der Waals surface area contributed by atoms with Crippen LogP contribution < -0.4 is 4.74 Å². The van der Waals surface area contributed by atoms with Gasteiger partial charge in [-0.05, 0) is 74.8 Å². The topological polar surface area (TPSA) is 9.23 Å². The van der Waals surface area contributed by atoms with Crippen molar-refractivity contribution in [1.82, 2.24) is 0 Å². The van der Waals surface area contributed by atoms with Crippen molar-refractivity contribution < 1.29 is 13.5 Å².